The number of allylic oxidation sites excluding steroid dienone is 1. The van der Waals surface area contributed by atoms with E-state index in [2.05, 4.69) is 58.9 Å². The van der Waals surface area contributed by atoms with E-state index in [0.29, 0.717) is 0 Å². The number of rotatable bonds is 5. The maximum atomic E-state index is 5.60. The van der Waals surface area contributed by atoms with Crippen LogP contribution in [0.3, 0.4) is 0 Å². The molecule has 130 valence electrons. The van der Waals surface area contributed by atoms with Crippen LogP contribution >= 0.6 is 0 Å². The highest BCUT2D eigenvalue weighted by Crippen LogP contribution is 2.27. The van der Waals surface area contributed by atoms with Crippen molar-refractivity contribution in [2.75, 3.05) is 6.61 Å². The molecule has 0 N–H and O–H groups in total. The van der Waals surface area contributed by atoms with Crippen LogP contribution < -0.4 is 4.74 Å². The topological polar surface area (TPSA) is 9.23 Å². The summed E-state index contributed by atoms with van der Waals surface area (Å²) in [6, 6.07) is 6.26. The molecule has 0 aliphatic heterocycles. The van der Waals surface area contributed by atoms with Crippen molar-refractivity contribution in [3.8, 4) is 5.75 Å². The van der Waals surface area contributed by atoms with Crippen molar-refractivity contribution in [1.82, 2.24) is 0 Å². The maximum absolute atomic E-state index is 5.60. The van der Waals surface area contributed by atoms with E-state index in [4.69, 9.17) is 4.74 Å². The lowest BCUT2D eigenvalue weighted by molar-refractivity contribution is 0.308. The normalized spacial score (nSPS) is 20.9. The molecule has 1 aromatic carbocycles. The van der Waals surface area contributed by atoms with E-state index in [9.17, 15) is 0 Å². The van der Waals surface area contributed by atoms with Crippen LogP contribution in [0.5, 0.6) is 5.75 Å². The molecule has 0 radical (unpaired) electrons. The minimum absolute atomic E-state index is 0.792. The van der Waals surface area contributed by atoms with Gasteiger partial charge in [0, 0.05) is 0 Å². The summed E-state index contributed by atoms with van der Waals surface area (Å²) in [5, 5.41) is 0. The average molecular weight is 317 g/mol. The first kappa shape index (κ1) is 19.8. The summed E-state index contributed by atoms with van der Waals surface area (Å²) in [6.45, 7) is 11.9. The summed E-state index contributed by atoms with van der Waals surface area (Å²) in [4.78, 5) is 0. The third-order valence-corrected chi connectivity index (χ3v) is 4.56. The first-order valence-electron chi connectivity index (χ1n) is 9.46. The van der Waals surface area contributed by atoms with Crippen molar-refractivity contribution in [3.05, 3.63) is 35.4 Å². The second-order valence-corrected chi connectivity index (χ2v) is 7.04. The maximum Gasteiger partial charge on any atom is 0.119 e. The molecule has 2 rings (SSSR count). The molecule has 1 heteroatoms. The number of hydrogen-bond donors (Lipinski definition) is 0. The van der Waals surface area contributed by atoms with Gasteiger partial charge in [0.1, 0.15) is 5.75 Å². The number of hydrogen-bond acceptors (Lipinski definition) is 1. The Morgan fingerprint density at radius 3 is 2.17 bits per heavy atom. The first-order valence-corrected chi connectivity index (χ1v) is 9.46. The van der Waals surface area contributed by atoms with E-state index >= 15 is 0 Å². The summed E-state index contributed by atoms with van der Waals surface area (Å²) in [5.41, 5.74) is 2.55. The van der Waals surface area contributed by atoms with E-state index in [-0.39, 0.29) is 0 Å². The van der Waals surface area contributed by atoms with Gasteiger partial charge in [0.25, 0.3) is 0 Å². The molecule has 1 aromatic rings. The monoisotopic (exact) mass is 316 g/mol. The third-order valence-electron chi connectivity index (χ3n) is 4.56. The molecule has 0 aromatic heterocycles. The minimum atomic E-state index is 0.792. The van der Waals surface area contributed by atoms with Crippen molar-refractivity contribution in [3.63, 3.8) is 0 Å². The number of aryl methyl sites for hydroxylation is 1. The average Bonchev–Trinajstić information content (AvgIpc) is 2.56. The summed E-state index contributed by atoms with van der Waals surface area (Å²) < 4.78 is 5.60. The smallest absolute Gasteiger partial charge is 0.119 e. The fourth-order valence-electron chi connectivity index (χ4n) is 2.78. The molecule has 1 fully saturated rings. The summed E-state index contributed by atoms with van der Waals surface area (Å²) in [5.74, 6) is 3.01. The molecule has 0 spiro atoms. The van der Waals surface area contributed by atoms with Gasteiger partial charge >= 0.3 is 0 Å². The van der Waals surface area contributed by atoms with E-state index < -0.39 is 0 Å². The quantitative estimate of drug-likeness (QED) is 0.566. The lowest BCUT2D eigenvalue weighted by Crippen LogP contribution is -2.08. The lowest BCUT2D eigenvalue weighted by atomic mass is 9.84. The first-order chi connectivity index (χ1) is 11.1. The second kappa shape index (κ2) is 11.3. The molecule has 1 aliphatic rings. The lowest BCUT2D eigenvalue weighted by Gasteiger charge is -2.22. The van der Waals surface area contributed by atoms with Crippen molar-refractivity contribution >= 4 is 6.08 Å². The van der Waals surface area contributed by atoms with Gasteiger partial charge in [-0.1, -0.05) is 71.6 Å². The molecule has 0 heterocycles. The Morgan fingerprint density at radius 2 is 1.65 bits per heavy atom. The minimum Gasteiger partial charge on any atom is -0.494 e. The Bertz CT molecular complexity index is 443. The van der Waals surface area contributed by atoms with Crippen molar-refractivity contribution < 1.29 is 4.74 Å². The van der Waals surface area contributed by atoms with Crippen LogP contribution in [-0.4, -0.2) is 6.61 Å². The molecular formula is C22H36O. The van der Waals surface area contributed by atoms with E-state index in [1.54, 1.807) is 0 Å². The largest absolute Gasteiger partial charge is 0.494 e. The van der Waals surface area contributed by atoms with Gasteiger partial charge in [0.2, 0.25) is 0 Å². The predicted molar refractivity (Wildman–Crippen MR) is 103 cm³/mol. The Labute approximate surface area is 144 Å². The van der Waals surface area contributed by atoms with Gasteiger partial charge in [0.05, 0.1) is 6.61 Å². The number of benzene rings is 1. The van der Waals surface area contributed by atoms with Crippen LogP contribution in [0, 0.1) is 18.8 Å². The highest BCUT2D eigenvalue weighted by atomic mass is 16.5. The van der Waals surface area contributed by atoms with Crippen LogP contribution in [0.15, 0.2) is 24.3 Å². The Balaban J connectivity index is 0.000000277. The second-order valence-electron chi connectivity index (χ2n) is 7.04. The third kappa shape index (κ3) is 8.25. The number of ether oxygens (including phenoxy) is 1. The highest BCUT2D eigenvalue weighted by Gasteiger charge is 2.13. The summed E-state index contributed by atoms with van der Waals surface area (Å²) in [7, 11) is 0. The van der Waals surface area contributed by atoms with Gasteiger partial charge in [-0.05, 0) is 54.9 Å². The van der Waals surface area contributed by atoms with Gasteiger partial charge in [0.15, 0.2) is 0 Å². The predicted octanol–water partition coefficient (Wildman–Crippen LogP) is 7.04. The van der Waals surface area contributed by atoms with Crippen LogP contribution in [0.25, 0.3) is 6.08 Å². The Kier molecular flexibility index (Phi) is 9.75. The van der Waals surface area contributed by atoms with Crippen LogP contribution in [-0.2, 0) is 0 Å². The molecule has 0 bridgehead atoms. The van der Waals surface area contributed by atoms with E-state index in [1.807, 2.05) is 6.07 Å². The van der Waals surface area contributed by atoms with Crippen molar-refractivity contribution in [1.29, 1.82) is 0 Å². The van der Waals surface area contributed by atoms with Crippen LogP contribution in [0.1, 0.15) is 77.3 Å². The highest BCUT2D eigenvalue weighted by molar-refractivity contribution is 5.55. The summed E-state index contributed by atoms with van der Waals surface area (Å²) in [6.07, 6.45) is 12.3. The van der Waals surface area contributed by atoms with Crippen molar-refractivity contribution in [2.24, 2.45) is 11.8 Å². The fraction of sp³-hybridized carbons (Fsp3) is 0.636. The van der Waals surface area contributed by atoms with Gasteiger partial charge in [-0.15, -0.1) is 0 Å². The molecule has 0 unspecified atom stereocenters. The SMILES string of the molecule is CC/C=C\c1cc(OCCC)ccc1C.CC1CCC(C)CC1. The molecule has 0 saturated heterocycles. The fourth-order valence-corrected chi connectivity index (χ4v) is 2.78. The molecule has 1 saturated carbocycles. The Morgan fingerprint density at radius 1 is 1.04 bits per heavy atom. The molecule has 1 nitrogen and oxygen atoms in total. The van der Waals surface area contributed by atoms with Crippen LogP contribution in [0.2, 0.25) is 0 Å². The molecule has 1 aliphatic carbocycles. The van der Waals surface area contributed by atoms with Gasteiger partial charge in [-0.3, -0.25) is 0 Å². The van der Waals surface area contributed by atoms with Crippen LogP contribution in [0.4, 0.5) is 0 Å². The zero-order chi connectivity index (χ0) is 17.1. The standard InChI is InChI=1S/C14H20O.C8H16/c1-4-6-7-13-11-14(15-10-5-2)9-8-12(13)3;1-7-3-5-8(2)6-4-7/h6-9,11H,4-5,10H2,1-3H3;7-8H,3-6H2,1-2H3/b7-6-;. The van der Waals surface area contributed by atoms with E-state index in [1.165, 1.54) is 36.8 Å². The Hall–Kier alpha value is -1.24. The zero-order valence-corrected chi connectivity index (χ0v) is 15.9. The zero-order valence-electron chi connectivity index (χ0n) is 15.9. The van der Waals surface area contributed by atoms with E-state index in [0.717, 1.165) is 37.0 Å². The molecule has 0 atom stereocenters. The van der Waals surface area contributed by atoms with Gasteiger partial charge in [-0.25, -0.2) is 0 Å². The van der Waals surface area contributed by atoms with Gasteiger partial charge in [-0.2, -0.15) is 0 Å². The molecular weight excluding hydrogens is 280 g/mol. The van der Waals surface area contributed by atoms with Gasteiger partial charge < -0.3 is 4.74 Å². The molecule has 0 amide bonds. The molecule has 23 heavy (non-hydrogen) atoms. The summed E-state index contributed by atoms with van der Waals surface area (Å²) >= 11 is 0. The van der Waals surface area contributed by atoms with Crippen molar-refractivity contribution in [2.45, 2.75) is 73.1 Å².